The number of hydrogen-bond donors (Lipinski definition) is 1. The third-order valence-electron chi connectivity index (χ3n) is 1.77. The minimum atomic E-state index is -0.405. The lowest BCUT2D eigenvalue weighted by Gasteiger charge is -2.03. The molecule has 0 amide bonds. The molecule has 0 saturated carbocycles. The molecule has 1 N–H and O–H groups in total. The average Bonchev–Trinajstić information content (AvgIpc) is 1.99. The van der Waals surface area contributed by atoms with Gasteiger partial charge in [-0.05, 0) is 37.5 Å². The average molecular weight is 203 g/mol. The second kappa shape index (κ2) is 4.47. The topological polar surface area (TPSA) is 20.2 Å². The molecule has 1 nitrogen and oxygen atoms in total. The van der Waals surface area contributed by atoms with Crippen LogP contribution in [0.15, 0.2) is 18.2 Å². The maximum absolute atomic E-state index is 12.8. The Balaban J connectivity index is 2.66. The van der Waals surface area contributed by atoms with Gasteiger partial charge in [0.1, 0.15) is 11.6 Å². The molecule has 0 spiro atoms. The van der Waals surface area contributed by atoms with Gasteiger partial charge < -0.3 is 5.11 Å². The van der Waals surface area contributed by atoms with Crippen molar-refractivity contribution >= 4 is 11.6 Å². The summed E-state index contributed by atoms with van der Waals surface area (Å²) in [4.78, 5) is 0. The van der Waals surface area contributed by atoms with Gasteiger partial charge in [0, 0.05) is 11.4 Å². The van der Waals surface area contributed by atoms with Crippen LogP contribution in [0.2, 0.25) is 0 Å². The number of halogens is 2. The fourth-order valence-corrected chi connectivity index (χ4v) is 1.25. The SMILES string of the molecule is CC(Cl)CCc1cc(O)cc(F)c1. The largest absolute Gasteiger partial charge is 0.508 e. The van der Waals surface area contributed by atoms with Crippen LogP contribution in [-0.4, -0.2) is 10.5 Å². The molecule has 0 heterocycles. The molecule has 1 aromatic carbocycles. The first-order chi connectivity index (χ1) is 6.08. The lowest BCUT2D eigenvalue weighted by atomic mass is 10.1. The third-order valence-corrected chi connectivity index (χ3v) is 1.99. The van der Waals surface area contributed by atoms with Gasteiger partial charge in [-0.2, -0.15) is 0 Å². The van der Waals surface area contributed by atoms with Gasteiger partial charge in [0.2, 0.25) is 0 Å². The maximum atomic E-state index is 12.8. The van der Waals surface area contributed by atoms with Gasteiger partial charge >= 0.3 is 0 Å². The second-order valence-corrected chi connectivity index (χ2v) is 3.88. The van der Waals surface area contributed by atoms with E-state index in [-0.39, 0.29) is 11.1 Å². The van der Waals surface area contributed by atoms with Crippen molar-refractivity contribution in [3.8, 4) is 5.75 Å². The first-order valence-corrected chi connectivity index (χ1v) is 4.64. The van der Waals surface area contributed by atoms with Crippen molar-refractivity contribution in [2.75, 3.05) is 0 Å². The molecule has 3 heteroatoms. The predicted octanol–water partition coefficient (Wildman–Crippen LogP) is 3.09. The molecule has 0 fully saturated rings. The van der Waals surface area contributed by atoms with E-state index in [0.717, 1.165) is 18.1 Å². The maximum Gasteiger partial charge on any atom is 0.127 e. The van der Waals surface area contributed by atoms with Crippen molar-refractivity contribution in [2.45, 2.75) is 25.1 Å². The molecule has 0 aromatic heterocycles. The van der Waals surface area contributed by atoms with E-state index in [1.807, 2.05) is 6.92 Å². The van der Waals surface area contributed by atoms with Gasteiger partial charge in [-0.1, -0.05) is 0 Å². The first kappa shape index (κ1) is 10.3. The van der Waals surface area contributed by atoms with E-state index in [2.05, 4.69) is 0 Å². The van der Waals surface area contributed by atoms with Crippen LogP contribution in [0.4, 0.5) is 4.39 Å². The van der Waals surface area contributed by atoms with E-state index < -0.39 is 5.82 Å². The Morgan fingerprint density at radius 2 is 2.15 bits per heavy atom. The summed E-state index contributed by atoms with van der Waals surface area (Å²) in [6, 6.07) is 4.06. The Hall–Kier alpha value is -0.760. The number of rotatable bonds is 3. The number of aryl methyl sites for hydroxylation is 1. The molecule has 1 unspecified atom stereocenters. The van der Waals surface area contributed by atoms with Gasteiger partial charge in [0.25, 0.3) is 0 Å². The van der Waals surface area contributed by atoms with Gasteiger partial charge in [-0.15, -0.1) is 11.6 Å². The molecule has 72 valence electrons. The Morgan fingerprint density at radius 1 is 1.46 bits per heavy atom. The number of phenolic OH excluding ortho intramolecular Hbond substituents is 1. The van der Waals surface area contributed by atoms with Crippen molar-refractivity contribution in [3.05, 3.63) is 29.6 Å². The molecule has 0 aliphatic heterocycles. The monoisotopic (exact) mass is 202 g/mol. The van der Waals surface area contributed by atoms with Gasteiger partial charge in [0.05, 0.1) is 0 Å². The second-order valence-electron chi connectivity index (χ2n) is 3.14. The minimum absolute atomic E-state index is 0.0303. The summed E-state index contributed by atoms with van der Waals surface area (Å²) in [6.45, 7) is 1.89. The summed E-state index contributed by atoms with van der Waals surface area (Å²) in [5.74, 6) is -0.436. The van der Waals surface area contributed by atoms with Crippen LogP contribution < -0.4 is 0 Å². The summed E-state index contributed by atoms with van der Waals surface area (Å²) in [6.07, 6.45) is 1.47. The van der Waals surface area contributed by atoms with Crippen molar-refractivity contribution in [1.29, 1.82) is 0 Å². The van der Waals surface area contributed by atoms with Gasteiger partial charge in [0.15, 0.2) is 0 Å². The van der Waals surface area contributed by atoms with E-state index in [1.165, 1.54) is 6.07 Å². The molecule has 13 heavy (non-hydrogen) atoms. The number of benzene rings is 1. The zero-order valence-electron chi connectivity index (χ0n) is 7.43. The molecule has 0 saturated heterocycles. The third kappa shape index (κ3) is 3.64. The van der Waals surface area contributed by atoms with Crippen molar-refractivity contribution in [3.63, 3.8) is 0 Å². The summed E-state index contributed by atoms with van der Waals surface area (Å²) >= 11 is 5.75. The smallest absolute Gasteiger partial charge is 0.127 e. The van der Waals surface area contributed by atoms with Crippen LogP contribution in [-0.2, 0) is 6.42 Å². The fourth-order valence-electron chi connectivity index (χ4n) is 1.14. The Morgan fingerprint density at radius 3 is 2.69 bits per heavy atom. The molecule has 0 aliphatic carbocycles. The molecule has 0 aliphatic rings. The summed E-state index contributed by atoms with van der Waals surface area (Å²) in [5, 5.41) is 9.16. The molecule has 1 atom stereocenters. The predicted molar refractivity (Wildman–Crippen MR) is 51.7 cm³/mol. The molecule has 1 rings (SSSR count). The highest BCUT2D eigenvalue weighted by Crippen LogP contribution is 2.17. The number of aromatic hydroxyl groups is 1. The van der Waals surface area contributed by atoms with E-state index in [1.54, 1.807) is 6.07 Å². The molecule has 0 bridgehead atoms. The van der Waals surface area contributed by atoms with Crippen LogP contribution in [0.1, 0.15) is 18.9 Å². The van der Waals surface area contributed by atoms with E-state index in [9.17, 15) is 4.39 Å². The normalized spacial score (nSPS) is 12.8. The zero-order chi connectivity index (χ0) is 9.84. The number of hydrogen-bond acceptors (Lipinski definition) is 1. The van der Waals surface area contributed by atoms with E-state index >= 15 is 0 Å². The van der Waals surface area contributed by atoms with Crippen LogP contribution in [0.25, 0.3) is 0 Å². The lowest BCUT2D eigenvalue weighted by Crippen LogP contribution is -1.95. The van der Waals surface area contributed by atoms with Crippen LogP contribution in [0.5, 0.6) is 5.75 Å². The number of phenols is 1. The van der Waals surface area contributed by atoms with Gasteiger partial charge in [-0.3, -0.25) is 0 Å². The van der Waals surface area contributed by atoms with E-state index in [4.69, 9.17) is 16.7 Å². The highest BCUT2D eigenvalue weighted by molar-refractivity contribution is 6.20. The Kier molecular flexibility index (Phi) is 3.55. The molecule has 0 radical (unpaired) electrons. The van der Waals surface area contributed by atoms with Crippen LogP contribution in [0, 0.1) is 5.82 Å². The highest BCUT2D eigenvalue weighted by atomic mass is 35.5. The quantitative estimate of drug-likeness (QED) is 0.747. The molecular formula is C10H12ClFO. The van der Waals surface area contributed by atoms with Crippen LogP contribution >= 0.6 is 11.6 Å². The highest BCUT2D eigenvalue weighted by Gasteiger charge is 2.01. The fraction of sp³-hybridized carbons (Fsp3) is 0.400. The molecule has 1 aromatic rings. The summed E-state index contributed by atoms with van der Waals surface area (Å²) in [7, 11) is 0. The van der Waals surface area contributed by atoms with Crippen molar-refractivity contribution < 1.29 is 9.50 Å². The Labute approximate surface area is 82.2 Å². The summed E-state index contributed by atoms with van der Waals surface area (Å²) in [5.41, 5.74) is 0.782. The lowest BCUT2D eigenvalue weighted by molar-refractivity contribution is 0.468. The molecular weight excluding hydrogens is 191 g/mol. The van der Waals surface area contributed by atoms with Crippen molar-refractivity contribution in [1.82, 2.24) is 0 Å². The number of alkyl halides is 1. The minimum Gasteiger partial charge on any atom is -0.508 e. The summed E-state index contributed by atoms with van der Waals surface area (Å²) < 4.78 is 12.8. The Bertz CT molecular complexity index is 266. The van der Waals surface area contributed by atoms with Crippen molar-refractivity contribution in [2.24, 2.45) is 0 Å². The van der Waals surface area contributed by atoms with Crippen LogP contribution in [0.3, 0.4) is 0 Å². The van der Waals surface area contributed by atoms with E-state index in [0.29, 0.717) is 6.42 Å². The standard InChI is InChI=1S/C10H12ClFO/c1-7(11)2-3-8-4-9(12)6-10(13)5-8/h4-7,13H,2-3H2,1H3. The zero-order valence-corrected chi connectivity index (χ0v) is 8.18. The first-order valence-electron chi connectivity index (χ1n) is 4.20. The van der Waals surface area contributed by atoms with Gasteiger partial charge in [-0.25, -0.2) is 4.39 Å².